The average Bonchev–Trinajstić information content (AvgIpc) is 2.52. The number of nitrogens with two attached hydrogens (primary N) is 1. The zero-order valence-electron chi connectivity index (χ0n) is 8.72. The van der Waals surface area contributed by atoms with Crippen molar-refractivity contribution in [2.45, 2.75) is 13.1 Å². The van der Waals surface area contributed by atoms with Crippen LogP contribution in [0.3, 0.4) is 0 Å². The number of fused-ring (bicyclic) bond motifs is 1. The molecule has 2 aromatic heterocycles. The van der Waals surface area contributed by atoms with E-state index in [4.69, 9.17) is 16.6 Å². The molecule has 0 aliphatic carbocycles. The quantitative estimate of drug-likeness (QED) is 0.720. The Hall–Kier alpha value is -2.16. The second kappa shape index (κ2) is 3.42. The van der Waals surface area contributed by atoms with Gasteiger partial charge in [-0.1, -0.05) is 0 Å². The number of aryl methyl sites for hydroxylation is 1. The number of rotatable bonds is 0. The third-order valence-corrected chi connectivity index (χ3v) is 2.26. The van der Waals surface area contributed by atoms with Gasteiger partial charge in [-0.05, 0) is 18.9 Å². The fourth-order valence-electron chi connectivity index (χ4n) is 1.57. The van der Waals surface area contributed by atoms with E-state index in [1.165, 1.54) is 6.92 Å². The van der Waals surface area contributed by atoms with Gasteiger partial charge in [-0.25, -0.2) is 4.98 Å². The summed E-state index contributed by atoms with van der Waals surface area (Å²) in [5, 5.41) is -0.281. The van der Waals surface area contributed by atoms with E-state index in [2.05, 4.69) is 10.9 Å². The molecule has 3 nitrogen and oxygen atoms in total. The van der Waals surface area contributed by atoms with Crippen molar-refractivity contribution >= 4 is 16.8 Å². The van der Waals surface area contributed by atoms with Crippen LogP contribution in [-0.4, -0.2) is 4.98 Å². The number of halogens is 3. The number of hydrogen-bond donors (Lipinski definition) is 1. The summed E-state index contributed by atoms with van der Waals surface area (Å²) in [7, 11) is 0. The van der Waals surface area contributed by atoms with E-state index in [1.54, 1.807) is 0 Å². The highest BCUT2D eigenvalue weighted by Gasteiger charge is 2.35. The van der Waals surface area contributed by atoms with E-state index in [0.29, 0.717) is 0 Å². The van der Waals surface area contributed by atoms with Crippen LogP contribution in [0.25, 0.3) is 11.1 Å². The molecule has 0 aromatic carbocycles. The lowest BCUT2D eigenvalue weighted by atomic mass is 10.1. The number of aromatic nitrogens is 1. The molecule has 0 aliphatic rings. The number of terminal acetylenes is 1. The number of hydrogen-bond acceptors (Lipinski definition) is 3. The van der Waals surface area contributed by atoms with Gasteiger partial charge in [0.25, 0.3) is 0 Å². The molecule has 2 heterocycles. The lowest BCUT2D eigenvalue weighted by Gasteiger charge is -2.08. The van der Waals surface area contributed by atoms with E-state index in [-0.39, 0.29) is 28.2 Å². The van der Waals surface area contributed by atoms with Gasteiger partial charge in [-0.3, -0.25) is 0 Å². The monoisotopic (exact) mass is 240 g/mol. The first kappa shape index (κ1) is 11.3. The smallest absolute Gasteiger partial charge is 0.417 e. The Labute approximate surface area is 94.4 Å². The van der Waals surface area contributed by atoms with E-state index in [1.807, 2.05) is 0 Å². The Morgan fingerprint density at radius 3 is 2.65 bits per heavy atom. The molecule has 6 heteroatoms. The fraction of sp³-hybridized carbons (Fsp3) is 0.182. The van der Waals surface area contributed by atoms with Gasteiger partial charge in [0.2, 0.25) is 11.5 Å². The first-order valence-corrected chi connectivity index (χ1v) is 4.58. The van der Waals surface area contributed by atoms with Gasteiger partial charge in [0.15, 0.2) is 0 Å². The van der Waals surface area contributed by atoms with Gasteiger partial charge in [-0.2, -0.15) is 13.2 Å². The van der Waals surface area contributed by atoms with E-state index < -0.39 is 11.7 Å². The molecule has 0 spiro atoms. The third-order valence-electron chi connectivity index (χ3n) is 2.26. The van der Waals surface area contributed by atoms with Crippen LogP contribution in [0.4, 0.5) is 18.9 Å². The standard InChI is InChI=1S/C11H7F3N2O/c1-3-7-9(15)8-6(11(12,13)14)4-5(2)16-10(8)17-7/h1,4H,15H2,2H3. The number of nitrogens with zero attached hydrogens (tertiary/aromatic N) is 1. The van der Waals surface area contributed by atoms with Crippen molar-refractivity contribution < 1.29 is 17.6 Å². The van der Waals surface area contributed by atoms with Gasteiger partial charge in [0, 0.05) is 5.69 Å². The highest BCUT2D eigenvalue weighted by Crippen LogP contribution is 2.39. The topological polar surface area (TPSA) is 52.0 Å². The summed E-state index contributed by atoms with van der Waals surface area (Å²) < 4.78 is 43.4. The summed E-state index contributed by atoms with van der Waals surface area (Å²) in [6, 6.07) is 0.911. The Bertz CT molecular complexity index is 635. The van der Waals surface area contributed by atoms with Crippen molar-refractivity contribution in [2.75, 3.05) is 5.73 Å². The predicted molar refractivity (Wildman–Crippen MR) is 56.1 cm³/mol. The van der Waals surface area contributed by atoms with Gasteiger partial charge in [0.1, 0.15) is 0 Å². The molecular weight excluding hydrogens is 233 g/mol. The Morgan fingerprint density at radius 2 is 2.12 bits per heavy atom. The van der Waals surface area contributed by atoms with E-state index >= 15 is 0 Å². The van der Waals surface area contributed by atoms with Crippen molar-refractivity contribution in [2.24, 2.45) is 0 Å². The van der Waals surface area contributed by atoms with Crippen LogP contribution in [0.1, 0.15) is 17.0 Å². The normalized spacial score (nSPS) is 11.7. The molecular formula is C11H7F3N2O. The molecule has 0 saturated heterocycles. The lowest BCUT2D eigenvalue weighted by Crippen LogP contribution is -2.07. The minimum atomic E-state index is -4.53. The molecule has 2 rings (SSSR count). The zero-order valence-corrected chi connectivity index (χ0v) is 8.72. The highest BCUT2D eigenvalue weighted by molar-refractivity contribution is 5.93. The van der Waals surface area contributed by atoms with Gasteiger partial charge >= 0.3 is 6.18 Å². The molecule has 0 amide bonds. The minimum Gasteiger partial charge on any atom is -0.427 e. The van der Waals surface area contributed by atoms with Crippen molar-refractivity contribution in [3.05, 3.63) is 23.1 Å². The number of pyridine rings is 1. The maximum atomic E-state index is 12.8. The van der Waals surface area contributed by atoms with Crippen molar-refractivity contribution in [1.82, 2.24) is 4.98 Å². The van der Waals surface area contributed by atoms with Gasteiger partial charge in [-0.15, -0.1) is 6.42 Å². The highest BCUT2D eigenvalue weighted by atomic mass is 19.4. The summed E-state index contributed by atoms with van der Waals surface area (Å²) in [4.78, 5) is 3.84. The Balaban J connectivity index is 2.93. The van der Waals surface area contributed by atoms with Crippen LogP contribution in [-0.2, 0) is 6.18 Å². The van der Waals surface area contributed by atoms with Crippen LogP contribution in [0, 0.1) is 19.3 Å². The van der Waals surface area contributed by atoms with Crippen LogP contribution >= 0.6 is 0 Å². The molecule has 0 bridgehead atoms. The summed E-state index contributed by atoms with van der Waals surface area (Å²) >= 11 is 0. The van der Waals surface area contributed by atoms with Crippen LogP contribution in [0.15, 0.2) is 10.5 Å². The summed E-state index contributed by atoms with van der Waals surface area (Å²) in [6.07, 6.45) is 0.547. The first-order chi connectivity index (χ1) is 7.84. The summed E-state index contributed by atoms with van der Waals surface area (Å²) in [5.41, 5.74) is 4.42. The molecule has 0 fully saturated rings. The molecule has 17 heavy (non-hydrogen) atoms. The second-order valence-electron chi connectivity index (χ2n) is 3.48. The van der Waals surface area contributed by atoms with Gasteiger partial charge < -0.3 is 10.2 Å². The van der Waals surface area contributed by atoms with E-state index in [0.717, 1.165) is 6.07 Å². The summed E-state index contributed by atoms with van der Waals surface area (Å²) in [5.74, 6) is 1.95. The SMILES string of the molecule is C#Cc1oc2nc(C)cc(C(F)(F)F)c2c1N. The number of anilines is 1. The van der Waals surface area contributed by atoms with Crippen molar-refractivity contribution in [3.8, 4) is 12.3 Å². The number of nitrogen functional groups attached to an aromatic ring is 1. The first-order valence-electron chi connectivity index (χ1n) is 4.58. The predicted octanol–water partition coefficient (Wildman–Crippen LogP) is 2.72. The van der Waals surface area contributed by atoms with Crippen LogP contribution in [0.5, 0.6) is 0 Å². The summed E-state index contributed by atoms with van der Waals surface area (Å²) in [6.45, 7) is 1.43. The van der Waals surface area contributed by atoms with Crippen LogP contribution in [0.2, 0.25) is 0 Å². The van der Waals surface area contributed by atoms with E-state index in [9.17, 15) is 13.2 Å². The molecule has 0 radical (unpaired) electrons. The largest absolute Gasteiger partial charge is 0.427 e. The zero-order chi connectivity index (χ0) is 12.8. The molecule has 2 aromatic rings. The maximum absolute atomic E-state index is 12.8. The maximum Gasteiger partial charge on any atom is 0.417 e. The average molecular weight is 240 g/mol. The molecule has 0 unspecified atom stereocenters. The van der Waals surface area contributed by atoms with Crippen molar-refractivity contribution in [3.63, 3.8) is 0 Å². The van der Waals surface area contributed by atoms with Crippen molar-refractivity contribution in [1.29, 1.82) is 0 Å². The number of alkyl halides is 3. The molecule has 88 valence electrons. The third kappa shape index (κ3) is 1.69. The number of furan rings is 1. The fourth-order valence-corrected chi connectivity index (χ4v) is 1.57. The molecule has 2 N–H and O–H groups in total. The van der Waals surface area contributed by atoms with Gasteiger partial charge in [0.05, 0.1) is 16.6 Å². The molecule has 0 aliphatic heterocycles. The van der Waals surface area contributed by atoms with Crippen LogP contribution < -0.4 is 5.73 Å². The minimum absolute atomic E-state index is 0.136. The Kier molecular flexibility index (Phi) is 2.28. The second-order valence-corrected chi connectivity index (χ2v) is 3.48. The lowest BCUT2D eigenvalue weighted by molar-refractivity contribution is -0.136. The Morgan fingerprint density at radius 1 is 1.47 bits per heavy atom. The molecule has 0 atom stereocenters. The molecule has 0 saturated carbocycles.